The van der Waals surface area contributed by atoms with Gasteiger partial charge in [-0.3, -0.25) is 4.79 Å². The molecule has 106 valence electrons. The van der Waals surface area contributed by atoms with Crippen LogP contribution in [0.15, 0.2) is 23.1 Å². The summed E-state index contributed by atoms with van der Waals surface area (Å²) in [5, 5.41) is 11.5. The molecule has 1 atom stereocenters. The van der Waals surface area contributed by atoms with Crippen molar-refractivity contribution in [2.24, 2.45) is 0 Å². The summed E-state index contributed by atoms with van der Waals surface area (Å²) in [5.41, 5.74) is 1.04. The number of amides is 1. The number of sulfonamides is 1. The molecule has 0 saturated carbocycles. The highest BCUT2D eigenvalue weighted by molar-refractivity contribution is 7.89. The van der Waals surface area contributed by atoms with Gasteiger partial charge in [-0.25, -0.2) is 8.42 Å². The van der Waals surface area contributed by atoms with Crippen molar-refractivity contribution >= 4 is 15.9 Å². The Bertz CT molecular complexity index is 691. The zero-order valence-corrected chi connectivity index (χ0v) is 12.1. The van der Waals surface area contributed by atoms with Gasteiger partial charge in [0.05, 0.1) is 16.5 Å². The predicted octanol–water partition coefficient (Wildman–Crippen LogP) is 0.376. The Hall–Kier alpha value is -1.91. The average molecular weight is 293 g/mol. The van der Waals surface area contributed by atoms with Gasteiger partial charge in [0.1, 0.15) is 6.04 Å². The van der Waals surface area contributed by atoms with E-state index in [1.807, 2.05) is 6.07 Å². The van der Waals surface area contributed by atoms with Gasteiger partial charge in [0.25, 0.3) is 0 Å². The Morgan fingerprint density at radius 2 is 2.15 bits per heavy atom. The molecule has 2 rings (SSSR count). The second kappa shape index (κ2) is 5.23. The SMILES string of the molecule is Cc1cc(S(=O)(=O)N2CCNC(=O)C2C)ccc1C#N. The number of nitrogens with one attached hydrogen (secondary N) is 1. The molecule has 0 radical (unpaired) electrons. The molecule has 0 aromatic heterocycles. The highest BCUT2D eigenvalue weighted by Gasteiger charge is 2.35. The molecule has 1 aliphatic heterocycles. The first kappa shape index (κ1) is 14.5. The molecule has 1 N–H and O–H groups in total. The van der Waals surface area contributed by atoms with Crippen LogP contribution in [0.3, 0.4) is 0 Å². The van der Waals surface area contributed by atoms with Crippen LogP contribution in [-0.4, -0.2) is 37.8 Å². The molecule has 1 heterocycles. The lowest BCUT2D eigenvalue weighted by molar-refractivity contribution is -0.126. The van der Waals surface area contributed by atoms with E-state index in [-0.39, 0.29) is 17.3 Å². The van der Waals surface area contributed by atoms with Gasteiger partial charge in [0.2, 0.25) is 15.9 Å². The van der Waals surface area contributed by atoms with E-state index in [1.165, 1.54) is 22.5 Å². The van der Waals surface area contributed by atoms with Crippen LogP contribution < -0.4 is 5.32 Å². The van der Waals surface area contributed by atoms with Gasteiger partial charge in [0.15, 0.2) is 0 Å². The van der Waals surface area contributed by atoms with E-state index in [1.54, 1.807) is 13.8 Å². The Morgan fingerprint density at radius 1 is 1.45 bits per heavy atom. The number of carbonyl (C=O) groups is 1. The minimum atomic E-state index is -3.73. The van der Waals surface area contributed by atoms with E-state index in [0.29, 0.717) is 17.7 Å². The number of rotatable bonds is 2. The molecule has 7 heteroatoms. The molecule has 1 aliphatic rings. The number of hydrogen-bond acceptors (Lipinski definition) is 4. The van der Waals surface area contributed by atoms with Crippen LogP contribution in [-0.2, 0) is 14.8 Å². The first-order valence-electron chi connectivity index (χ1n) is 6.18. The second-order valence-corrected chi connectivity index (χ2v) is 6.56. The monoisotopic (exact) mass is 293 g/mol. The van der Waals surface area contributed by atoms with Crippen molar-refractivity contribution in [3.8, 4) is 6.07 Å². The van der Waals surface area contributed by atoms with E-state index in [2.05, 4.69) is 5.32 Å². The average Bonchev–Trinajstić information content (AvgIpc) is 2.41. The summed E-state index contributed by atoms with van der Waals surface area (Å²) < 4.78 is 26.3. The second-order valence-electron chi connectivity index (χ2n) is 4.67. The molecule has 1 saturated heterocycles. The van der Waals surface area contributed by atoms with Crippen LogP contribution in [0.1, 0.15) is 18.1 Å². The summed E-state index contributed by atoms with van der Waals surface area (Å²) in [6, 6.07) is 5.62. The van der Waals surface area contributed by atoms with Crippen molar-refractivity contribution in [1.29, 1.82) is 5.26 Å². The molecular formula is C13H15N3O3S. The van der Waals surface area contributed by atoms with Crippen LogP contribution in [0, 0.1) is 18.3 Å². The molecule has 1 aromatic carbocycles. The molecule has 0 bridgehead atoms. The standard InChI is InChI=1S/C13H15N3O3S/c1-9-7-12(4-3-11(9)8-14)20(18,19)16-6-5-15-13(17)10(16)2/h3-4,7,10H,5-6H2,1-2H3,(H,15,17). The minimum absolute atomic E-state index is 0.107. The molecule has 0 aliphatic carbocycles. The number of nitrogens with zero attached hydrogens (tertiary/aromatic N) is 2. The maximum atomic E-state index is 12.6. The van der Waals surface area contributed by atoms with Gasteiger partial charge in [-0.15, -0.1) is 0 Å². The van der Waals surface area contributed by atoms with Crippen molar-refractivity contribution < 1.29 is 13.2 Å². The lowest BCUT2D eigenvalue weighted by atomic mass is 10.1. The van der Waals surface area contributed by atoms with Gasteiger partial charge in [0, 0.05) is 13.1 Å². The van der Waals surface area contributed by atoms with Crippen molar-refractivity contribution in [2.45, 2.75) is 24.8 Å². The van der Waals surface area contributed by atoms with Gasteiger partial charge >= 0.3 is 0 Å². The lowest BCUT2D eigenvalue weighted by Gasteiger charge is -2.31. The van der Waals surface area contributed by atoms with Crippen LogP contribution >= 0.6 is 0 Å². The van der Waals surface area contributed by atoms with Gasteiger partial charge in [-0.1, -0.05) is 0 Å². The number of carbonyl (C=O) groups excluding carboxylic acids is 1. The van der Waals surface area contributed by atoms with Crippen molar-refractivity contribution in [3.63, 3.8) is 0 Å². The van der Waals surface area contributed by atoms with E-state index >= 15 is 0 Å². The fourth-order valence-electron chi connectivity index (χ4n) is 2.15. The number of aryl methyl sites for hydroxylation is 1. The van der Waals surface area contributed by atoms with Crippen molar-refractivity contribution in [1.82, 2.24) is 9.62 Å². The first-order chi connectivity index (χ1) is 9.37. The number of piperazine rings is 1. The van der Waals surface area contributed by atoms with E-state index in [9.17, 15) is 13.2 Å². The molecule has 1 amide bonds. The van der Waals surface area contributed by atoms with E-state index in [4.69, 9.17) is 5.26 Å². The molecule has 0 spiro atoms. The Kier molecular flexibility index (Phi) is 3.79. The predicted molar refractivity (Wildman–Crippen MR) is 72.3 cm³/mol. The summed E-state index contributed by atoms with van der Waals surface area (Å²) in [6.07, 6.45) is 0. The van der Waals surface area contributed by atoms with Gasteiger partial charge in [-0.2, -0.15) is 9.57 Å². The third-order valence-electron chi connectivity index (χ3n) is 3.37. The molecule has 1 fully saturated rings. The largest absolute Gasteiger partial charge is 0.353 e. The maximum absolute atomic E-state index is 12.6. The smallest absolute Gasteiger partial charge is 0.243 e. The third kappa shape index (κ3) is 2.40. The third-order valence-corrected chi connectivity index (χ3v) is 5.33. The van der Waals surface area contributed by atoms with Crippen LogP contribution in [0.5, 0.6) is 0 Å². The number of hydrogen-bond donors (Lipinski definition) is 1. The number of nitriles is 1. The zero-order chi connectivity index (χ0) is 14.9. The minimum Gasteiger partial charge on any atom is -0.353 e. The fourth-order valence-corrected chi connectivity index (χ4v) is 3.83. The summed E-state index contributed by atoms with van der Waals surface area (Å²) >= 11 is 0. The topological polar surface area (TPSA) is 90.3 Å². The molecular weight excluding hydrogens is 278 g/mol. The van der Waals surface area contributed by atoms with E-state index < -0.39 is 16.1 Å². The number of benzene rings is 1. The molecule has 1 unspecified atom stereocenters. The summed E-state index contributed by atoms with van der Waals surface area (Å²) in [5.74, 6) is -0.301. The zero-order valence-electron chi connectivity index (χ0n) is 11.3. The first-order valence-corrected chi connectivity index (χ1v) is 7.62. The molecule has 20 heavy (non-hydrogen) atoms. The lowest BCUT2D eigenvalue weighted by Crippen LogP contribution is -2.55. The van der Waals surface area contributed by atoms with Crippen molar-refractivity contribution in [2.75, 3.05) is 13.1 Å². The van der Waals surface area contributed by atoms with Crippen molar-refractivity contribution in [3.05, 3.63) is 29.3 Å². The highest BCUT2D eigenvalue weighted by atomic mass is 32.2. The quantitative estimate of drug-likeness (QED) is 0.853. The Morgan fingerprint density at radius 3 is 2.75 bits per heavy atom. The Balaban J connectivity index is 2.42. The van der Waals surface area contributed by atoms with E-state index in [0.717, 1.165) is 0 Å². The normalized spacial score (nSPS) is 20.2. The van der Waals surface area contributed by atoms with Gasteiger partial charge < -0.3 is 5.32 Å². The fraction of sp³-hybridized carbons (Fsp3) is 0.385. The summed E-state index contributed by atoms with van der Waals surface area (Å²) in [6.45, 7) is 3.79. The van der Waals surface area contributed by atoms with Crippen LogP contribution in [0.4, 0.5) is 0 Å². The van der Waals surface area contributed by atoms with Crippen LogP contribution in [0.2, 0.25) is 0 Å². The molecule has 1 aromatic rings. The Labute approximate surface area is 118 Å². The van der Waals surface area contributed by atoms with Gasteiger partial charge in [-0.05, 0) is 37.6 Å². The molecule has 6 nitrogen and oxygen atoms in total. The van der Waals surface area contributed by atoms with Crippen LogP contribution in [0.25, 0.3) is 0 Å². The summed E-state index contributed by atoms with van der Waals surface area (Å²) in [7, 11) is -3.73. The summed E-state index contributed by atoms with van der Waals surface area (Å²) in [4.78, 5) is 11.7. The highest BCUT2D eigenvalue weighted by Crippen LogP contribution is 2.22. The maximum Gasteiger partial charge on any atom is 0.243 e.